The van der Waals surface area contributed by atoms with E-state index in [-0.39, 0.29) is 6.10 Å². The van der Waals surface area contributed by atoms with E-state index in [9.17, 15) is 5.11 Å². The highest BCUT2D eigenvalue weighted by Gasteiger charge is 2.24. The second kappa shape index (κ2) is 5.85. The summed E-state index contributed by atoms with van der Waals surface area (Å²) >= 11 is 0. The first kappa shape index (κ1) is 13.5. The SMILES string of the molecule is COc1ccc2oc(CNCC3CCCC3O)cc2c1. The minimum absolute atomic E-state index is 0.137. The van der Waals surface area contributed by atoms with Gasteiger partial charge in [-0.05, 0) is 43.0 Å². The lowest BCUT2D eigenvalue weighted by molar-refractivity contribution is 0.131. The number of nitrogens with one attached hydrogen (secondary N) is 1. The minimum atomic E-state index is -0.137. The van der Waals surface area contributed by atoms with Gasteiger partial charge in [-0.25, -0.2) is 0 Å². The average molecular weight is 275 g/mol. The van der Waals surface area contributed by atoms with Gasteiger partial charge in [0.1, 0.15) is 17.1 Å². The first-order valence-corrected chi connectivity index (χ1v) is 7.21. The lowest BCUT2D eigenvalue weighted by Gasteiger charge is -2.14. The number of rotatable bonds is 5. The Kier molecular flexibility index (Phi) is 3.94. The Morgan fingerprint density at radius 1 is 1.35 bits per heavy atom. The number of hydrogen-bond acceptors (Lipinski definition) is 4. The van der Waals surface area contributed by atoms with Crippen molar-refractivity contribution in [1.29, 1.82) is 0 Å². The Labute approximate surface area is 118 Å². The highest BCUT2D eigenvalue weighted by molar-refractivity contribution is 5.79. The van der Waals surface area contributed by atoms with Crippen LogP contribution in [0.25, 0.3) is 11.0 Å². The summed E-state index contributed by atoms with van der Waals surface area (Å²) in [5.41, 5.74) is 0.878. The van der Waals surface area contributed by atoms with Crippen LogP contribution in [-0.4, -0.2) is 24.9 Å². The van der Waals surface area contributed by atoms with E-state index in [2.05, 4.69) is 5.32 Å². The maximum atomic E-state index is 9.78. The molecule has 1 saturated carbocycles. The van der Waals surface area contributed by atoms with Crippen LogP contribution in [0.15, 0.2) is 28.7 Å². The maximum absolute atomic E-state index is 9.78. The molecule has 1 aliphatic carbocycles. The molecule has 0 spiro atoms. The number of fused-ring (bicyclic) bond motifs is 1. The summed E-state index contributed by atoms with van der Waals surface area (Å²) in [6.45, 7) is 1.54. The quantitative estimate of drug-likeness (QED) is 0.881. The molecular formula is C16H21NO3. The third-order valence-corrected chi connectivity index (χ3v) is 4.10. The number of hydrogen-bond donors (Lipinski definition) is 2. The van der Waals surface area contributed by atoms with Crippen molar-refractivity contribution in [3.8, 4) is 5.75 Å². The lowest BCUT2D eigenvalue weighted by atomic mass is 10.1. The molecule has 0 bridgehead atoms. The fourth-order valence-corrected chi connectivity index (χ4v) is 2.93. The van der Waals surface area contributed by atoms with Crippen molar-refractivity contribution < 1.29 is 14.3 Å². The highest BCUT2D eigenvalue weighted by Crippen LogP contribution is 2.26. The van der Waals surface area contributed by atoms with Crippen LogP contribution < -0.4 is 10.1 Å². The topological polar surface area (TPSA) is 54.6 Å². The minimum Gasteiger partial charge on any atom is -0.497 e. The van der Waals surface area contributed by atoms with E-state index >= 15 is 0 Å². The van der Waals surface area contributed by atoms with Crippen molar-refractivity contribution in [2.24, 2.45) is 5.92 Å². The Morgan fingerprint density at radius 3 is 3.00 bits per heavy atom. The smallest absolute Gasteiger partial charge is 0.134 e. The third-order valence-electron chi connectivity index (χ3n) is 4.10. The van der Waals surface area contributed by atoms with Crippen molar-refractivity contribution in [1.82, 2.24) is 5.32 Å². The van der Waals surface area contributed by atoms with E-state index in [0.29, 0.717) is 12.5 Å². The standard InChI is InChI=1S/C16H21NO3/c1-19-13-5-6-16-12(7-13)8-14(20-16)10-17-9-11-3-2-4-15(11)18/h5-8,11,15,17-18H,2-4,9-10H2,1H3. The van der Waals surface area contributed by atoms with Crippen LogP contribution in [-0.2, 0) is 6.54 Å². The molecular weight excluding hydrogens is 254 g/mol. The fourth-order valence-electron chi connectivity index (χ4n) is 2.93. The number of aliphatic hydroxyl groups excluding tert-OH is 1. The zero-order valence-corrected chi connectivity index (χ0v) is 11.8. The number of aliphatic hydroxyl groups is 1. The van der Waals surface area contributed by atoms with Crippen molar-refractivity contribution in [3.05, 3.63) is 30.0 Å². The average Bonchev–Trinajstić information content (AvgIpc) is 3.04. The molecule has 0 aliphatic heterocycles. The molecule has 3 rings (SSSR count). The van der Waals surface area contributed by atoms with E-state index in [1.165, 1.54) is 0 Å². The van der Waals surface area contributed by atoms with Gasteiger partial charge in [0, 0.05) is 11.9 Å². The molecule has 2 aromatic rings. The molecule has 0 saturated heterocycles. The first-order chi connectivity index (χ1) is 9.76. The largest absolute Gasteiger partial charge is 0.497 e. The monoisotopic (exact) mass is 275 g/mol. The molecule has 4 nitrogen and oxygen atoms in total. The molecule has 2 unspecified atom stereocenters. The van der Waals surface area contributed by atoms with Crippen LogP contribution in [0.4, 0.5) is 0 Å². The van der Waals surface area contributed by atoms with Crippen molar-refractivity contribution >= 4 is 11.0 Å². The molecule has 4 heteroatoms. The summed E-state index contributed by atoms with van der Waals surface area (Å²) in [6.07, 6.45) is 3.06. The Hall–Kier alpha value is -1.52. The van der Waals surface area contributed by atoms with Crippen LogP contribution in [0, 0.1) is 5.92 Å². The molecule has 0 amide bonds. The Balaban J connectivity index is 1.60. The predicted octanol–water partition coefficient (Wildman–Crippen LogP) is 2.69. The van der Waals surface area contributed by atoms with Crippen LogP contribution >= 0.6 is 0 Å². The zero-order chi connectivity index (χ0) is 13.9. The number of furan rings is 1. The van der Waals surface area contributed by atoms with Crippen LogP contribution in [0.2, 0.25) is 0 Å². The van der Waals surface area contributed by atoms with Gasteiger partial charge in [-0.2, -0.15) is 0 Å². The normalized spacial score (nSPS) is 22.5. The number of ether oxygens (including phenoxy) is 1. The second-order valence-electron chi connectivity index (χ2n) is 5.51. The molecule has 20 heavy (non-hydrogen) atoms. The van der Waals surface area contributed by atoms with Crippen LogP contribution in [0.1, 0.15) is 25.0 Å². The van der Waals surface area contributed by atoms with E-state index in [4.69, 9.17) is 9.15 Å². The van der Waals surface area contributed by atoms with Gasteiger partial charge < -0.3 is 19.6 Å². The fraction of sp³-hybridized carbons (Fsp3) is 0.500. The van der Waals surface area contributed by atoms with Crippen LogP contribution in [0.5, 0.6) is 5.75 Å². The third kappa shape index (κ3) is 2.81. The molecule has 1 aromatic carbocycles. The van der Waals surface area contributed by atoms with Gasteiger partial charge in [0.05, 0.1) is 19.8 Å². The van der Waals surface area contributed by atoms with Crippen LogP contribution in [0.3, 0.4) is 0 Å². The summed E-state index contributed by atoms with van der Waals surface area (Å²) in [7, 11) is 1.66. The highest BCUT2D eigenvalue weighted by atomic mass is 16.5. The summed E-state index contributed by atoms with van der Waals surface area (Å²) < 4.78 is 11.0. The van der Waals surface area contributed by atoms with E-state index in [1.54, 1.807) is 7.11 Å². The first-order valence-electron chi connectivity index (χ1n) is 7.21. The molecule has 1 fully saturated rings. The predicted molar refractivity (Wildman–Crippen MR) is 77.8 cm³/mol. The van der Waals surface area contributed by atoms with E-state index < -0.39 is 0 Å². The number of benzene rings is 1. The molecule has 1 aromatic heterocycles. The van der Waals surface area contributed by atoms with E-state index in [0.717, 1.165) is 48.3 Å². The Morgan fingerprint density at radius 2 is 2.25 bits per heavy atom. The summed E-state index contributed by atoms with van der Waals surface area (Å²) in [5, 5.41) is 14.2. The van der Waals surface area contributed by atoms with Gasteiger partial charge >= 0.3 is 0 Å². The van der Waals surface area contributed by atoms with Gasteiger partial charge in [-0.1, -0.05) is 6.42 Å². The molecule has 1 aliphatic rings. The van der Waals surface area contributed by atoms with Gasteiger partial charge in [0.2, 0.25) is 0 Å². The molecule has 108 valence electrons. The summed E-state index contributed by atoms with van der Waals surface area (Å²) in [6, 6.07) is 7.84. The Bertz CT molecular complexity index is 578. The lowest BCUT2D eigenvalue weighted by Crippen LogP contribution is -2.27. The van der Waals surface area contributed by atoms with Gasteiger partial charge in [0.15, 0.2) is 0 Å². The molecule has 0 radical (unpaired) electrons. The second-order valence-corrected chi connectivity index (χ2v) is 5.51. The molecule has 1 heterocycles. The van der Waals surface area contributed by atoms with Gasteiger partial charge in [0.25, 0.3) is 0 Å². The van der Waals surface area contributed by atoms with Crippen molar-refractivity contribution in [3.63, 3.8) is 0 Å². The van der Waals surface area contributed by atoms with Crippen molar-refractivity contribution in [2.75, 3.05) is 13.7 Å². The summed E-state index contributed by atoms with van der Waals surface area (Å²) in [5.74, 6) is 2.15. The summed E-state index contributed by atoms with van der Waals surface area (Å²) in [4.78, 5) is 0. The van der Waals surface area contributed by atoms with Crippen molar-refractivity contribution in [2.45, 2.75) is 31.9 Å². The van der Waals surface area contributed by atoms with E-state index in [1.807, 2.05) is 24.3 Å². The number of methoxy groups -OCH3 is 1. The maximum Gasteiger partial charge on any atom is 0.134 e. The molecule has 2 atom stereocenters. The molecule has 2 N–H and O–H groups in total. The zero-order valence-electron chi connectivity index (χ0n) is 11.8. The van der Waals surface area contributed by atoms with Gasteiger partial charge in [-0.3, -0.25) is 0 Å². The van der Waals surface area contributed by atoms with Gasteiger partial charge in [-0.15, -0.1) is 0 Å².